The molecule has 2 aromatic heterocycles. The summed E-state index contributed by atoms with van der Waals surface area (Å²) in [6.45, 7) is 0. The number of nitrogens with zero attached hydrogens (tertiary/aromatic N) is 1. The van der Waals surface area contributed by atoms with Crippen molar-refractivity contribution in [2.75, 3.05) is 0 Å². The molecule has 4 heteroatoms. The SMILES string of the molecule is Brc1cccc(Oc2ccc3c4ccccc4n(-c4ccc(-c5ccccc5)[nH]4)c3c2)c1. The lowest BCUT2D eigenvalue weighted by molar-refractivity contribution is 0.483. The van der Waals surface area contributed by atoms with Gasteiger partial charge in [0.25, 0.3) is 0 Å². The Hall–Kier alpha value is -3.76. The van der Waals surface area contributed by atoms with Gasteiger partial charge >= 0.3 is 0 Å². The van der Waals surface area contributed by atoms with E-state index < -0.39 is 0 Å². The van der Waals surface area contributed by atoms with Crippen LogP contribution in [0.4, 0.5) is 0 Å². The average molecular weight is 479 g/mol. The number of ether oxygens (including phenoxy) is 1. The molecule has 0 radical (unpaired) electrons. The van der Waals surface area contributed by atoms with Crippen molar-refractivity contribution in [1.82, 2.24) is 9.55 Å². The molecule has 0 fully saturated rings. The highest BCUT2D eigenvalue weighted by molar-refractivity contribution is 9.10. The largest absolute Gasteiger partial charge is 0.457 e. The zero-order chi connectivity index (χ0) is 21.5. The van der Waals surface area contributed by atoms with Gasteiger partial charge in [-0.3, -0.25) is 4.57 Å². The van der Waals surface area contributed by atoms with Gasteiger partial charge in [0.1, 0.15) is 17.3 Å². The fraction of sp³-hybridized carbons (Fsp3) is 0. The summed E-state index contributed by atoms with van der Waals surface area (Å²) in [5.41, 5.74) is 4.51. The van der Waals surface area contributed by atoms with Crippen LogP contribution in [-0.4, -0.2) is 9.55 Å². The molecule has 0 atom stereocenters. The van der Waals surface area contributed by atoms with Crippen molar-refractivity contribution < 1.29 is 4.74 Å². The maximum absolute atomic E-state index is 6.18. The number of hydrogen-bond donors (Lipinski definition) is 1. The smallest absolute Gasteiger partial charge is 0.129 e. The normalized spacial score (nSPS) is 11.3. The maximum Gasteiger partial charge on any atom is 0.129 e. The fourth-order valence-corrected chi connectivity index (χ4v) is 4.62. The molecular formula is C28H19BrN2O. The first-order chi connectivity index (χ1) is 15.8. The first-order valence-electron chi connectivity index (χ1n) is 10.5. The Morgan fingerprint density at radius 1 is 0.625 bits per heavy atom. The summed E-state index contributed by atoms with van der Waals surface area (Å²) in [6, 6.07) is 37.3. The van der Waals surface area contributed by atoms with Crippen LogP contribution in [0.3, 0.4) is 0 Å². The number of aromatic nitrogens is 2. The Labute approximate surface area is 194 Å². The van der Waals surface area contributed by atoms with Crippen LogP contribution in [0.25, 0.3) is 38.9 Å². The number of para-hydroxylation sites is 1. The molecule has 3 nitrogen and oxygen atoms in total. The molecule has 0 bridgehead atoms. The fourth-order valence-electron chi connectivity index (χ4n) is 4.24. The van der Waals surface area contributed by atoms with Crippen LogP contribution in [-0.2, 0) is 0 Å². The minimum Gasteiger partial charge on any atom is -0.457 e. The molecule has 2 heterocycles. The number of H-pyrrole nitrogens is 1. The highest BCUT2D eigenvalue weighted by Crippen LogP contribution is 2.35. The number of nitrogens with one attached hydrogen (secondary N) is 1. The van der Waals surface area contributed by atoms with Crippen molar-refractivity contribution in [2.24, 2.45) is 0 Å². The van der Waals surface area contributed by atoms with E-state index in [0.717, 1.165) is 44.1 Å². The summed E-state index contributed by atoms with van der Waals surface area (Å²) in [5, 5.41) is 2.41. The predicted molar refractivity (Wildman–Crippen MR) is 135 cm³/mol. The van der Waals surface area contributed by atoms with Gasteiger partial charge in [-0.15, -0.1) is 0 Å². The van der Waals surface area contributed by atoms with Gasteiger partial charge in [0, 0.05) is 27.0 Å². The molecule has 0 aliphatic rings. The molecular weight excluding hydrogens is 460 g/mol. The van der Waals surface area contributed by atoms with Crippen LogP contribution in [0.15, 0.2) is 114 Å². The third kappa shape index (κ3) is 3.29. The molecule has 6 rings (SSSR count). The molecule has 0 saturated carbocycles. The minimum absolute atomic E-state index is 0.799. The minimum atomic E-state index is 0.799. The second-order valence-corrected chi connectivity index (χ2v) is 8.63. The number of halogens is 1. The number of hydrogen-bond acceptors (Lipinski definition) is 1. The van der Waals surface area contributed by atoms with Crippen molar-refractivity contribution in [3.8, 4) is 28.6 Å². The molecule has 0 aliphatic carbocycles. The van der Waals surface area contributed by atoms with E-state index in [-0.39, 0.29) is 0 Å². The van der Waals surface area contributed by atoms with Crippen molar-refractivity contribution in [2.45, 2.75) is 0 Å². The Bertz CT molecular complexity index is 1560. The van der Waals surface area contributed by atoms with E-state index in [9.17, 15) is 0 Å². The number of rotatable bonds is 4. The topological polar surface area (TPSA) is 29.9 Å². The molecule has 4 aromatic carbocycles. The highest BCUT2D eigenvalue weighted by Gasteiger charge is 2.14. The van der Waals surface area contributed by atoms with Crippen LogP contribution >= 0.6 is 15.9 Å². The Balaban J connectivity index is 1.52. The van der Waals surface area contributed by atoms with Crippen molar-refractivity contribution in [1.29, 1.82) is 0 Å². The molecule has 1 N–H and O–H groups in total. The first kappa shape index (κ1) is 19.0. The summed E-state index contributed by atoms with van der Waals surface area (Å²) >= 11 is 3.51. The lowest BCUT2D eigenvalue weighted by Crippen LogP contribution is -1.94. The monoisotopic (exact) mass is 478 g/mol. The molecule has 0 amide bonds. The molecule has 0 aliphatic heterocycles. The van der Waals surface area contributed by atoms with E-state index >= 15 is 0 Å². The summed E-state index contributed by atoms with van der Waals surface area (Å²) in [6.07, 6.45) is 0. The van der Waals surface area contributed by atoms with Crippen molar-refractivity contribution in [3.63, 3.8) is 0 Å². The predicted octanol–water partition coefficient (Wildman–Crippen LogP) is 8.33. The van der Waals surface area contributed by atoms with Crippen LogP contribution in [0.2, 0.25) is 0 Å². The second-order valence-electron chi connectivity index (χ2n) is 7.71. The van der Waals surface area contributed by atoms with E-state index in [1.807, 2.05) is 36.4 Å². The average Bonchev–Trinajstić information content (AvgIpc) is 3.42. The van der Waals surface area contributed by atoms with Crippen molar-refractivity contribution in [3.05, 3.63) is 114 Å². The Morgan fingerprint density at radius 3 is 2.28 bits per heavy atom. The Kier molecular flexibility index (Phi) is 4.58. The molecule has 0 saturated heterocycles. The highest BCUT2D eigenvalue weighted by atomic mass is 79.9. The van der Waals surface area contributed by atoms with E-state index in [1.54, 1.807) is 0 Å². The Morgan fingerprint density at radius 2 is 1.41 bits per heavy atom. The number of aromatic amines is 1. The van der Waals surface area contributed by atoms with Gasteiger partial charge in [-0.05, 0) is 54.1 Å². The van der Waals surface area contributed by atoms with E-state index in [2.05, 4.69) is 98.3 Å². The lowest BCUT2D eigenvalue weighted by Gasteiger charge is -2.09. The third-order valence-electron chi connectivity index (χ3n) is 5.67. The van der Waals surface area contributed by atoms with Crippen LogP contribution in [0.1, 0.15) is 0 Å². The van der Waals surface area contributed by atoms with Gasteiger partial charge in [-0.25, -0.2) is 0 Å². The van der Waals surface area contributed by atoms with Gasteiger partial charge in [-0.1, -0.05) is 70.5 Å². The van der Waals surface area contributed by atoms with E-state index in [0.29, 0.717) is 0 Å². The maximum atomic E-state index is 6.18. The molecule has 0 unspecified atom stereocenters. The van der Waals surface area contributed by atoms with Gasteiger partial charge in [0.05, 0.1) is 11.0 Å². The quantitative estimate of drug-likeness (QED) is 0.271. The van der Waals surface area contributed by atoms with Gasteiger partial charge < -0.3 is 9.72 Å². The lowest BCUT2D eigenvalue weighted by atomic mass is 10.1. The van der Waals surface area contributed by atoms with Gasteiger partial charge in [0.15, 0.2) is 0 Å². The molecule has 32 heavy (non-hydrogen) atoms. The summed E-state index contributed by atoms with van der Waals surface area (Å²) in [5.74, 6) is 2.62. The summed E-state index contributed by atoms with van der Waals surface area (Å²) in [7, 11) is 0. The zero-order valence-corrected chi connectivity index (χ0v) is 18.7. The summed E-state index contributed by atoms with van der Waals surface area (Å²) in [4.78, 5) is 3.61. The first-order valence-corrected chi connectivity index (χ1v) is 11.3. The summed E-state index contributed by atoms with van der Waals surface area (Å²) < 4.78 is 9.43. The van der Waals surface area contributed by atoms with Gasteiger partial charge in [-0.2, -0.15) is 0 Å². The van der Waals surface area contributed by atoms with Crippen molar-refractivity contribution >= 4 is 37.7 Å². The molecule has 0 spiro atoms. The van der Waals surface area contributed by atoms with Crippen LogP contribution < -0.4 is 4.74 Å². The van der Waals surface area contributed by atoms with Crippen LogP contribution in [0.5, 0.6) is 11.5 Å². The van der Waals surface area contributed by atoms with E-state index in [1.165, 1.54) is 10.8 Å². The standard InChI is InChI=1S/C28H19BrN2O/c29-20-9-6-10-21(17-20)32-22-13-14-24-23-11-4-5-12-26(23)31(27(24)18-22)28-16-15-25(30-28)19-7-2-1-3-8-19/h1-18,30H. The van der Waals surface area contributed by atoms with Gasteiger partial charge in [0.2, 0.25) is 0 Å². The van der Waals surface area contributed by atoms with E-state index in [4.69, 9.17) is 4.74 Å². The molecule has 154 valence electrons. The number of benzene rings is 4. The second kappa shape index (κ2) is 7.74. The zero-order valence-electron chi connectivity index (χ0n) is 17.1. The molecule has 6 aromatic rings. The third-order valence-corrected chi connectivity index (χ3v) is 6.17. The number of fused-ring (bicyclic) bond motifs is 3. The van der Waals surface area contributed by atoms with Crippen LogP contribution in [0, 0.1) is 0 Å².